The summed E-state index contributed by atoms with van der Waals surface area (Å²) in [6.45, 7) is 9.28. The van der Waals surface area contributed by atoms with Gasteiger partial charge in [-0.05, 0) is 26.2 Å². The first kappa shape index (κ1) is 18.2. The molecule has 0 unspecified atom stereocenters. The van der Waals surface area contributed by atoms with Gasteiger partial charge in [0.25, 0.3) is 0 Å². The smallest absolute Gasteiger partial charge is 0.209 e. The topological polar surface area (TPSA) is 82.6 Å². The highest BCUT2D eigenvalue weighted by molar-refractivity contribution is 7.88. The molecule has 0 aliphatic carbocycles. The molecule has 0 aromatic rings. The molecule has 3 N–H and O–H groups in total. The Kier molecular flexibility index (Phi) is 7.36. The molecule has 0 fully saturated rings. The normalized spacial score (nSPS) is 13.7. The number of sulfonamides is 1. The molecule has 0 rings (SSSR count). The number of aliphatic imine (C=N–C) groups is 1. The molecule has 0 aliphatic heterocycles. The Bertz CT molecular complexity index is 389. The monoisotopic (exact) mass is 292 g/mol. The summed E-state index contributed by atoms with van der Waals surface area (Å²) in [4.78, 5) is 4.10. The lowest BCUT2D eigenvalue weighted by Crippen LogP contribution is -2.53. The van der Waals surface area contributed by atoms with Gasteiger partial charge in [-0.1, -0.05) is 13.8 Å². The minimum absolute atomic E-state index is 0.460. The molecule has 0 spiro atoms. The molecule has 7 heteroatoms. The van der Waals surface area contributed by atoms with Crippen molar-refractivity contribution in [1.29, 1.82) is 0 Å². The summed E-state index contributed by atoms with van der Waals surface area (Å²) in [5, 5.41) is 6.32. The van der Waals surface area contributed by atoms with Crippen LogP contribution >= 0.6 is 0 Å². The summed E-state index contributed by atoms with van der Waals surface area (Å²) in [5.41, 5.74) is -0.566. The highest BCUT2D eigenvalue weighted by Crippen LogP contribution is 2.01. The summed E-state index contributed by atoms with van der Waals surface area (Å²) in [6.07, 6.45) is 2.22. The van der Waals surface area contributed by atoms with E-state index in [9.17, 15) is 8.42 Å². The van der Waals surface area contributed by atoms with Gasteiger partial charge in [0.2, 0.25) is 10.0 Å². The van der Waals surface area contributed by atoms with Crippen LogP contribution in [-0.2, 0) is 10.0 Å². The third-order valence-corrected chi connectivity index (χ3v) is 3.32. The Hall–Kier alpha value is -0.820. The second-order valence-electron chi connectivity index (χ2n) is 5.79. The minimum Gasteiger partial charge on any atom is -0.356 e. The van der Waals surface area contributed by atoms with E-state index >= 15 is 0 Å². The quantitative estimate of drug-likeness (QED) is 0.472. The van der Waals surface area contributed by atoms with E-state index in [0.717, 1.165) is 19.2 Å². The summed E-state index contributed by atoms with van der Waals surface area (Å²) in [7, 11) is -1.52. The van der Waals surface area contributed by atoms with Gasteiger partial charge < -0.3 is 10.6 Å². The maximum Gasteiger partial charge on any atom is 0.209 e. The number of hydrogen-bond acceptors (Lipinski definition) is 3. The van der Waals surface area contributed by atoms with E-state index in [1.165, 1.54) is 0 Å². The number of guanidine groups is 1. The van der Waals surface area contributed by atoms with E-state index in [0.29, 0.717) is 18.4 Å². The number of rotatable bonds is 7. The van der Waals surface area contributed by atoms with Gasteiger partial charge >= 0.3 is 0 Å². The minimum atomic E-state index is -3.21. The van der Waals surface area contributed by atoms with Gasteiger partial charge in [-0.15, -0.1) is 0 Å². The molecule has 0 radical (unpaired) electrons. The predicted molar refractivity (Wildman–Crippen MR) is 80.9 cm³/mol. The number of nitrogens with zero attached hydrogens (tertiary/aromatic N) is 1. The van der Waals surface area contributed by atoms with Gasteiger partial charge in [0.05, 0.1) is 6.26 Å². The molecule has 0 saturated heterocycles. The van der Waals surface area contributed by atoms with E-state index in [-0.39, 0.29) is 0 Å². The molecular formula is C12H28N4O2S. The van der Waals surface area contributed by atoms with Gasteiger partial charge in [0, 0.05) is 25.7 Å². The molecule has 0 aromatic carbocycles. The maximum absolute atomic E-state index is 11.2. The van der Waals surface area contributed by atoms with E-state index in [4.69, 9.17) is 0 Å². The third kappa shape index (κ3) is 10.8. The van der Waals surface area contributed by atoms with E-state index in [1.807, 2.05) is 13.8 Å². The van der Waals surface area contributed by atoms with Crippen LogP contribution in [0.4, 0.5) is 0 Å². The van der Waals surface area contributed by atoms with Gasteiger partial charge in [-0.3, -0.25) is 4.99 Å². The van der Waals surface area contributed by atoms with Crippen molar-refractivity contribution in [2.75, 3.05) is 26.4 Å². The first-order chi connectivity index (χ1) is 8.56. The molecule has 0 saturated carbocycles. The van der Waals surface area contributed by atoms with Crippen LogP contribution in [0, 0.1) is 5.92 Å². The molecule has 114 valence electrons. The van der Waals surface area contributed by atoms with Gasteiger partial charge in [-0.2, -0.15) is 0 Å². The largest absolute Gasteiger partial charge is 0.356 e. The molecule has 6 nitrogen and oxygen atoms in total. The average molecular weight is 292 g/mol. The lowest BCUT2D eigenvalue weighted by molar-refractivity contribution is 0.446. The average Bonchev–Trinajstić information content (AvgIpc) is 2.19. The Labute approximate surface area is 117 Å². The zero-order valence-electron chi connectivity index (χ0n) is 12.9. The fourth-order valence-electron chi connectivity index (χ4n) is 1.54. The number of nitrogens with one attached hydrogen (secondary N) is 3. The molecule has 0 aliphatic rings. The van der Waals surface area contributed by atoms with Crippen molar-refractivity contribution in [2.24, 2.45) is 10.9 Å². The summed E-state index contributed by atoms with van der Waals surface area (Å²) < 4.78 is 25.0. The molecule has 0 atom stereocenters. The third-order valence-electron chi connectivity index (χ3n) is 2.40. The van der Waals surface area contributed by atoms with Crippen LogP contribution in [-0.4, -0.2) is 46.3 Å². The van der Waals surface area contributed by atoms with Crippen molar-refractivity contribution in [3.63, 3.8) is 0 Å². The second-order valence-corrected chi connectivity index (χ2v) is 7.54. The van der Waals surface area contributed by atoms with E-state index in [2.05, 4.69) is 34.2 Å². The molecule has 0 aromatic heterocycles. The van der Waals surface area contributed by atoms with Gasteiger partial charge in [0.1, 0.15) is 0 Å². The molecule has 19 heavy (non-hydrogen) atoms. The Morgan fingerprint density at radius 2 is 1.84 bits per heavy atom. The van der Waals surface area contributed by atoms with Crippen molar-refractivity contribution in [3.8, 4) is 0 Å². The summed E-state index contributed by atoms with van der Waals surface area (Å²) in [5.74, 6) is 1.32. The highest BCUT2D eigenvalue weighted by atomic mass is 32.2. The molecular weight excluding hydrogens is 264 g/mol. The maximum atomic E-state index is 11.2. The van der Waals surface area contributed by atoms with Crippen molar-refractivity contribution in [3.05, 3.63) is 0 Å². The van der Waals surface area contributed by atoms with Crippen molar-refractivity contribution >= 4 is 16.0 Å². The second kappa shape index (κ2) is 7.69. The van der Waals surface area contributed by atoms with Crippen LogP contribution in [0.2, 0.25) is 0 Å². The fraction of sp³-hybridized carbons (Fsp3) is 0.917. The van der Waals surface area contributed by atoms with Crippen LogP contribution in [0.5, 0.6) is 0 Å². The van der Waals surface area contributed by atoms with Crippen LogP contribution in [0.25, 0.3) is 0 Å². The summed E-state index contributed by atoms with van der Waals surface area (Å²) in [6, 6.07) is 0. The standard InChI is InChI=1S/C12H28N4O2S/c1-10(2)7-8-14-11(13-5)15-9-12(3,4)16-19(6,17)18/h10,16H,7-9H2,1-6H3,(H2,13,14,15). The lowest BCUT2D eigenvalue weighted by Gasteiger charge is -2.26. The van der Waals surface area contributed by atoms with Crippen LogP contribution in [0.1, 0.15) is 34.1 Å². The Morgan fingerprint density at radius 3 is 2.26 bits per heavy atom. The van der Waals surface area contributed by atoms with Crippen molar-refractivity contribution in [1.82, 2.24) is 15.4 Å². The summed E-state index contributed by atoms with van der Waals surface area (Å²) >= 11 is 0. The van der Waals surface area contributed by atoms with Crippen molar-refractivity contribution in [2.45, 2.75) is 39.7 Å². The van der Waals surface area contributed by atoms with Crippen LogP contribution in [0.15, 0.2) is 4.99 Å². The van der Waals surface area contributed by atoms with Gasteiger partial charge in [0.15, 0.2) is 5.96 Å². The predicted octanol–water partition coefficient (Wildman–Crippen LogP) is 0.525. The first-order valence-corrected chi connectivity index (χ1v) is 8.38. The lowest BCUT2D eigenvalue weighted by atomic mass is 10.1. The van der Waals surface area contributed by atoms with Gasteiger partial charge in [-0.25, -0.2) is 13.1 Å². The zero-order chi connectivity index (χ0) is 15.1. The van der Waals surface area contributed by atoms with E-state index < -0.39 is 15.6 Å². The Balaban J connectivity index is 4.20. The number of hydrogen-bond donors (Lipinski definition) is 3. The highest BCUT2D eigenvalue weighted by Gasteiger charge is 2.22. The molecule has 0 amide bonds. The molecule has 0 bridgehead atoms. The van der Waals surface area contributed by atoms with E-state index in [1.54, 1.807) is 7.05 Å². The Morgan fingerprint density at radius 1 is 1.26 bits per heavy atom. The SMILES string of the molecule is CN=C(NCCC(C)C)NCC(C)(C)NS(C)(=O)=O. The first-order valence-electron chi connectivity index (χ1n) is 6.49. The fourth-order valence-corrected chi connectivity index (χ4v) is 2.62. The molecule has 0 heterocycles. The van der Waals surface area contributed by atoms with Crippen LogP contribution in [0.3, 0.4) is 0 Å². The van der Waals surface area contributed by atoms with Crippen molar-refractivity contribution < 1.29 is 8.42 Å². The zero-order valence-corrected chi connectivity index (χ0v) is 13.7. The van der Waals surface area contributed by atoms with Crippen LogP contribution < -0.4 is 15.4 Å².